The van der Waals surface area contributed by atoms with E-state index in [2.05, 4.69) is 125 Å². The summed E-state index contributed by atoms with van der Waals surface area (Å²) in [5.41, 5.74) is 13.7. The molecule has 0 spiro atoms. The van der Waals surface area contributed by atoms with Gasteiger partial charge in [0, 0.05) is 0 Å². The van der Waals surface area contributed by atoms with Crippen molar-refractivity contribution in [2.24, 2.45) is 0 Å². The van der Waals surface area contributed by atoms with Crippen molar-refractivity contribution in [1.82, 2.24) is 0 Å². The summed E-state index contributed by atoms with van der Waals surface area (Å²) in [6.45, 7) is 8.81. The Morgan fingerprint density at radius 3 is 1.29 bits per heavy atom. The van der Waals surface area contributed by atoms with Crippen LogP contribution in [0.1, 0.15) is 59.1 Å². The Hall–Kier alpha value is -3.03. The van der Waals surface area contributed by atoms with Crippen LogP contribution < -0.4 is 0 Å². The molecule has 0 heterocycles. The van der Waals surface area contributed by atoms with Crippen LogP contribution in [-0.2, 0) is 31.3 Å². The number of benzene rings is 4. The second-order valence-corrected chi connectivity index (χ2v) is 12.1. The molecule has 6 aromatic carbocycles. The van der Waals surface area contributed by atoms with Gasteiger partial charge in [0.15, 0.2) is 0 Å². The van der Waals surface area contributed by atoms with Gasteiger partial charge in [-0.05, 0) is 57.1 Å². The van der Waals surface area contributed by atoms with Crippen molar-refractivity contribution in [3.8, 4) is 22.3 Å². The number of rotatable bonds is 4. The number of hydrogen-bond acceptors (Lipinski definition) is 0. The van der Waals surface area contributed by atoms with Gasteiger partial charge in [0.25, 0.3) is 0 Å². The van der Waals surface area contributed by atoms with Crippen molar-refractivity contribution in [3.05, 3.63) is 145 Å². The largest absolute Gasteiger partial charge is 4.00 e. The van der Waals surface area contributed by atoms with E-state index >= 15 is 0 Å². The molecule has 1 aliphatic rings. The Bertz CT molecular complexity index is 1680. The molecule has 0 nitrogen and oxygen atoms in total. The molecule has 0 radical (unpaired) electrons. The van der Waals surface area contributed by atoms with Crippen LogP contribution in [0, 0.1) is 42.5 Å². The molecule has 1 aliphatic carbocycles. The molecule has 1 heteroatoms. The monoisotopic (exact) mass is 714 g/mol. The van der Waals surface area contributed by atoms with E-state index in [4.69, 9.17) is 0 Å². The molecule has 0 unspecified atom stereocenters. The van der Waals surface area contributed by atoms with Gasteiger partial charge >= 0.3 is 25.8 Å². The predicted octanol–water partition coefficient (Wildman–Crippen LogP) is 11.8. The number of aryl methyl sites for hydroxylation is 4. The van der Waals surface area contributed by atoms with Gasteiger partial charge in [-0.3, -0.25) is 0 Å². The summed E-state index contributed by atoms with van der Waals surface area (Å²) >= 11 is 0. The Morgan fingerprint density at radius 2 is 0.905 bits per heavy atom. The molecule has 0 saturated heterocycles. The standard InChI is InChI=1S/C39H36.2CH3.Hf/c1-25-15-26(2)18-31(17-25)35-11-7-9-29-21-33(23-37(29)35)39(13-5-6-14-39)34-22-30-10-8-12-36(38(30)24-34)32-19-27(3)16-28(4)20-32;;;/h7-12,15-24H,5-6,13-14H2,1-4H3;2*1H3;/q-2;2*-1;+4. The summed E-state index contributed by atoms with van der Waals surface area (Å²) in [6.07, 6.45) is 5.02. The SMILES string of the molecule is Cc1cc(C)cc(-c2cccc3[cH-]c(C4(c5cc6c(-c7cc(C)cc(C)c7)cccc6[cH-]5)CCCC4)cc23)c1.[CH3-].[CH3-].[Hf+4]. The van der Waals surface area contributed by atoms with E-state index in [1.807, 2.05) is 0 Å². The smallest absolute Gasteiger partial charge is 0.358 e. The first-order chi connectivity index (χ1) is 18.9. The zero-order valence-electron chi connectivity index (χ0n) is 26.1. The van der Waals surface area contributed by atoms with Gasteiger partial charge in [0.05, 0.1) is 0 Å². The van der Waals surface area contributed by atoms with Crippen molar-refractivity contribution in [3.63, 3.8) is 0 Å². The third-order valence-electron chi connectivity index (χ3n) is 9.13. The average molecular weight is 713 g/mol. The van der Waals surface area contributed by atoms with Crippen LogP contribution in [0.3, 0.4) is 0 Å². The van der Waals surface area contributed by atoms with Gasteiger partial charge in [-0.1, -0.05) is 94.8 Å². The third kappa shape index (κ3) is 5.42. The summed E-state index contributed by atoms with van der Waals surface area (Å²) in [5.74, 6) is 0. The van der Waals surface area contributed by atoms with Gasteiger partial charge in [0.1, 0.15) is 0 Å². The summed E-state index contributed by atoms with van der Waals surface area (Å²) in [6, 6.07) is 37.5. The molecule has 1 fully saturated rings. The molecule has 1 saturated carbocycles. The number of fused-ring (bicyclic) bond motifs is 2. The minimum Gasteiger partial charge on any atom is -0.358 e. The maximum absolute atomic E-state index is 2.52. The van der Waals surface area contributed by atoms with E-state index in [0.717, 1.165) is 0 Å². The fraction of sp³-hybridized carbons (Fsp3) is 0.220. The van der Waals surface area contributed by atoms with Crippen molar-refractivity contribution in [1.29, 1.82) is 0 Å². The van der Waals surface area contributed by atoms with E-state index < -0.39 is 0 Å². The molecular formula is C41H42Hf. The van der Waals surface area contributed by atoms with Gasteiger partial charge in [-0.15, -0.1) is 69.1 Å². The van der Waals surface area contributed by atoms with Gasteiger partial charge in [-0.2, -0.15) is 12.1 Å². The van der Waals surface area contributed by atoms with Crippen molar-refractivity contribution in [2.75, 3.05) is 0 Å². The van der Waals surface area contributed by atoms with E-state index in [1.165, 1.54) is 103 Å². The van der Waals surface area contributed by atoms with Gasteiger partial charge < -0.3 is 14.9 Å². The minimum absolute atomic E-state index is 0. The molecule has 0 N–H and O–H groups in total. The van der Waals surface area contributed by atoms with Crippen molar-refractivity contribution < 1.29 is 25.8 Å². The fourth-order valence-electron chi connectivity index (χ4n) is 7.51. The average Bonchev–Trinajstić information content (AvgIpc) is 3.65. The van der Waals surface area contributed by atoms with Crippen LogP contribution in [-0.4, -0.2) is 0 Å². The molecule has 42 heavy (non-hydrogen) atoms. The Labute approximate surface area is 272 Å². The van der Waals surface area contributed by atoms with Crippen LogP contribution in [0.4, 0.5) is 0 Å². The maximum atomic E-state index is 2.52. The maximum Gasteiger partial charge on any atom is 4.00 e. The second-order valence-electron chi connectivity index (χ2n) is 12.1. The van der Waals surface area contributed by atoms with Gasteiger partial charge in [-0.25, -0.2) is 0 Å². The van der Waals surface area contributed by atoms with Gasteiger partial charge in [0.2, 0.25) is 0 Å². The molecular weight excluding hydrogens is 671 g/mol. The fourth-order valence-corrected chi connectivity index (χ4v) is 7.51. The Balaban J connectivity index is 0.00000135. The molecule has 0 amide bonds. The first-order valence-electron chi connectivity index (χ1n) is 14.5. The van der Waals surface area contributed by atoms with E-state index in [0.29, 0.717) is 0 Å². The normalized spacial score (nSPS) is 13.9. The summed E-state index contributed by atoms with van der Waals surface area (Å²) in [7, 11) is 0. The van der Waals surface area contributed by atoms with Crippen LogP contribution in [0.15, 0.2) is 97.1 Å². The Kier molecular flexibility index (Phi) is 9.34. The second kappa shape index (κ2) is 12.3. The zero-order chi connectivity index (χ0) is 26.7. The first-order valence-corrected chi connectivity index (χ1v) is 14.5. The minimum atomic E-state index is 0. The van der Waals surface area contributed by atoms with Crippen molar-refractivity contribution >= 4 is 21.5 Å². The molecule has 210 valence electrons. The van der Waals surface area contributed by atoms with E-state index in [9.17, 15) is 0 Å². The molecule has 7 rings (SSSR count). The topological polar surface area (TPSA) is 0 Å². The summed E-state index contributed by atoms with van der Waals surface area (Å²) < 4.78 is 0. The van der Waals surface area contributed by atoms with E-state index in [-0.39, 0.29) is 46.1 Å². The zero-order valence-corrected chi connectivity index (χ0v) is 29.7. The van der Waals surface area contributed by atoms with Crippen LogP contribution in [0.2, 0.25) is 0 Å². The summed E-state index contributed by atoms with van der Waals surface area (Å²) in [4.78, 5) is 0. The quantitative estimate of drug-likeness (QED) is 0.126. The molecule has 6 aromatic rings. The van der Waals surface area contributed by atoms with Crippen LogP contribution >= 0.6 is 0 Å². The molecule has 0 aromatic heterocycles. The molecule has 0 bridgehead atoms. The molecule has 0 aliphatic heterocycles. The van der Waals surface area contributed by atoms with Crippen LogP contribution in [0.5, 0.6) is 0 Å². The van der Waals surface area contributed by atoms with E-state index in [1.54, 1.807) is 0 Å². The number of hydrogen-bond donors (Lipinski definition) is 0. The first kappa shape index (κ1) is 31.9. The van der Waals surface area contributed by atoms with Crippen LogP contribution in [0.25, 0.3) is 43.8 Å². The third-order valence-corrected chi connectivity index (χ3v) is 9.13. The summed E-state index contributed by atoms with van der Waals surface area (Å²) in [5, 5.41) is 5.49. The van der Waals surface area contributed by atoms with Crippen molar-refractivity contribution in [2.45, 2.75) is 58.8 Å². The molecule has 0 atom stereocenters. The predicted molar refractivity (Wildman–Crippen MR) is 181 cm³/mol. The Morgan fingerprint density at radius 1 is 0.524 bits per heavy atom.